The molecule has 0 saturated heterocycles. The quantitative estimate of drug-likeness (QED) is 0.615. The zero-order valence-corrected chi connectivity index (χ0v) is 10.6. The lowest BCUT2D eigenvalue weighted by atomic mass is 10.2. The van der Waals surface area contributed by atoms with Gasteiger partial charge in [-0.2, -0.15) is 10.5 Å². The summed E-state index contributed by atoms with van der Waals surface area (Å²) in [5.41, 5.74) is -0.331. The molecule has 0 fully saturated rings. The Balaban J connectivity index is 3.04. The van der Waals surface area contributed by atoms with Crippen molar-refractivity contribution in [2.75, 3.05) is 10.6 Å². The summed E-state index contributed by atoms with van der Waals surface area (Å²) >= 11 is 0. The SMILES string of the molecule is N#CCC(=O)Nc1ccc([N+](=O)[O-])c(NC(=O)CC#N)c1. The van der Waals surface area contributed by atoms with Crippen LogP contribution in [-0.2, 0) is 9.59 Å². The Morgan fingerprint density at radius 1 is 1.14 bits per heavy atom. The van der Waals surface area contributed by atoms with Gasteiger partial charge < -0.3 is 10.6 Å². The number of amides is 2. The fourth-order valence-electron chi connectivity index (χ4n) is 1.42. The van der Waals surface area contributed by atoms with E-state index >= 15 is 0 Å². The Morgan fingerprint density at radius 3 is 2.24 bits per heavy atom. The number of hydrogen-bond donors (Lipinski definition) is 2. The molecule has 0 aromatic heterocycles. The van der Waals surface area contributed by atoms with Crippen LogP contribution in [0.4, 0.5) is 17.1 Å². The minimum absolute atomic E-state index is 0.144. The van der Waals surface area contributed by atoms with Gasteiger partial charge in [0.25, 0.3) is 5.69 Å². The smallest absolute Gasteiger partial charge is 0.292 e. The Morgan fingerprint density at radius 2 is 1.71 bits per heavy atom. The second-order valence-electron chi connectivity index (χ2n) is 3.76. The summed E-state index contributed by atoms with van der Waals surface area (Å²) in [6.45, 7) is 0. The van der Waals surface area contributed by atoms with Crippen molar-refractivity contribution in [1.82, 2.24) is 0 Å². The van der Waals surface area contributed by atoms with Crippen molar-refractivity contribution in [3.63, 3.8) is 0 Å². The monoisotopic (exact) mass is 287 g/mol. The molecule has 0 aliphatic carbocycles. The van der Waals surface area contributed by atoms with E-state index in [4.69, 9.17) is 10.5 Å². The zero-order valence-electron chi connectivity index (χ0n) is 10.6. The molecule has 0 heterocycles. The Kier molecular flexibility index (Phi) is 5.35. The van der Waals surface area contributed by atoms with Crippen molar-refractivity contribution in [2.24, 2.45) is 0 Å². The number of nitro benzene ring substituents is 1. The van der Waals surface area contributed by atoms with E-state index in [1.54, 1.807) is 12.1 Å². The van der Waals surface area contributed by atoms with Crippen molar-refractivity contribution in [1.29, 1.82) is 10.5 Å². The van der Waals surface area contributed by atoms with Gasteiger partial charge in [0.2, 0.25) is 11.8 Å². The molecular weight excluding hydrogens is 278 g/mol. The van der Waals surface area contributed by atoms with Crippen molar-refractivity contribution in [3.8, 4) is 12.1 Å². The van der Waals surface area contributed by atoms with Crippen molar-refractivity contribution in [2.45, 2.75) is 12.8 Å². The number of nitro groups is 1. The predicted molar refractivity (Wildman–Crippen MR) is 70.8 cm³/mol. The lowest BCUT2D eigenvalue weighted by molar-refractivity contribution is -0.383. The minimum Gasteiger partial charge on any atom is -0.325 e. The van der Waals surface area contributed by atoms with Gasteiger partial charge in [0, 0.05) is 11.8 Å². The topological polar surface area (TPSA) is 149 Å². The van der Waals surface area contributed by atoms with E-state index in [2.05, 4.69) is 10.6 Å². The van der Waals surface area contributed by atoms with Gasteiger partial charge in [0.15, 0.2) is 0 Å². The maximum Gasteiger partial charge on any atom is 0.292 e. The summed E-state index contributed by atoms with van der Waals surface area (Å²) in [5.74, 6) is -1.29. The van der Waals surface area contributed by atoms with E-state index in [1.807, 2.05) is 0 Å². The number of nitrogens with one attached hydrogen (secondary N) is 2. The first kappa shape index (κ1) is 15.6. The minimum atomic E-state index is -0.707. The van der Waals surface area contributed by atoms with Crippen LogP contribution >= 0.6 is 0 Å². The van der Waals surface area contributed by atoms with Gasteiger partial charge in [0.05, 0.1) is 17.1 Å². The van der Waals surface area contributed by atoms with Crippen molar-refractivity contribution in [3.05, 3.63) is 28.3 Å². The van der Waals surface area contributed by atoms with Gasteiger partial charge in [0.1, 0.15) is 18.5 Å². The van der Waals surface area contributed by atoms with Gasteiger partial charge >= 0.3 is 0 Å². The molecule has 1 rings (SSSR count). The number of anilines is 2. The van der Waals surface area contributed by atoms with Crippen LogP contribution in [0, 0.1) is 32.8 Å². The Hall–Kier alpha value is -3.46. The third kappa shape index (κ3) is 4.61. The number of carbonyl (C=O) groups is 2. The van der Waals surface area contributed by atoms with Gasteiger partial charge in [-0.05, 0) is 12.1 Å². The number of carbonyl (C=O) groups excluding carboxylic acids is 2. The molecule has 2 N–H and O–H groups in total. The molecule has 0 radical (unpaired) electrons. The molecule has 0 bridgehead atoms. The van der Waals surface area contributed by atoms with Gasteiger partial charge in [-0.15, -0.1) is 0 Å². The lowest BCUT2D eigenvalue weighted by Gasteiger charge is -2.08. The Labute approximate surface area is 118 Å². The lowest BCUT2D eigenvalue weighted by Crippen LogP contribution is -2.13. The van der Waals surface area contributed by atoms with Crippen LogP contribution in [0.15, 0.2) is 18.2 Å². The standard InChI is InChI=1S/C12H9N5O4/c13-5-3-11(18)15-8-1-2-10(17(20)21)9(7-8)16-12(19)4-6-14/h1-2,7H,3-4H2,(H,15,18)(H,16,19). The highest BCUT2D eigenvalue weighted by atomic mass is 16.6. The average Bonchev–Trinajstić information content (AvgIpc) is 2.38. The molecule has 0 aliphatic heterocycles. The normalized spacial score (nSPS) is 9.05. The summed E-state index contributed by atoms with van der Waals surface area (Å²) in [6, 6.07) is 6.82. The van der Waals surface area contributed by atoms with E-state index in [0.717, 1.165) is 6.07 Å². The number of nitriles is 2. The van der Waals surface area contributed by atoms with Gasteiger partial charge in [-0.1, -0.05) is 0 Å². The first-order chi connectivity index (χ1) is 9.97. The molecule has 21 heavy (non-hydrogen) atoms. The molecule has 0 spiro atoms. The molecule has 2 amide bonds. The maximum absolute atomic E-state index is 11.3. The van der Waals surface area contributed by atoms with Crippen LogP contribution in [0.1, 0.15) is 12.8 Å². The van der Waals surface area contributed by atoms with E-state index in [9.17, 15) is 19.7 Å². The summed E-state index contributed by atoms with van der Waals surface area (Å²) in [5, 5.41) is 32.2. The summed E-state index contributed by atoms with van der Waals surface area (Å²) in [4.78, 5) is 32.8. The second-order valence-corrected chi connectivity index (χ2v) is 3.76. The predicted octanol–water partition coefficient (Wildman–Crippen LogP) is 1.30. The first-order valence-corrected chi connectivity index (χ1v) is 5.60. The largest absolute Gasteiger partial charge is 0.325 e. The molecule has 9 heteroatoms. The maximum atomic E-state index is 11.3. The fourth-order valence-corrected chi connectivity index (χ4v) is 1.42. The van der Waals surface area contributed by atoms with Gasteiger partial charge in [-0.3, -0.25) is 19.7 Å². The van der Waals surface area contributed by atoms with E-state index in [-0.39, 0.29) is 23.5 Å². The van der Waals surface area contributed by atoms with Crippen LogP contribution in [-0.4, -0.2) is 16.7 Å². The van der Waals surface area contributed by atoms with Crippen LogP contribution < -0.4 is 10.6 Å². The molecule has 0 aliphatic rings. The summed E-state index contributed by atoms with van der Waals surface area (Å²) < 4.78 is 0. The number of nitrogens with zero attached hydrogens (tertiary/aromatic N) is 3. The third-order valence-electron chi connectivity index (χ3n) is 2.23. The molecule has 0 atom stereocenters. The van der Waals surface area contributed by atoms with Gasteiger partial charge in [-0.25, -0.2) is 0 Å². The fraction of sp³-hybridized carbons (Fsp3) is 0.167. The molecular formula is C12H9N5O4. The van der Waals surface area contributed by atoms with Crippen LogP contribution in [0.25, 0.3) is 0 Å². The highest BCUT2D eigenvalue weighted by Gasteiger charge is 2.17. The van der Waals surface area contributed by atoms with E-state index in [1.165, 1.54) is 12.1 Å². The second kappa shape index (κ2) is 7.21. The molecule has 0 saturated carbocycles. The van der Waals surface area contributed by atoms with Crippen molar-refractivity contribution >= 4 is 28.9 Å². The highest BCUT2D eigenvalue weighted by molar-refractivity contribution is 5.97. The van der Waals surface area contributed by atoms with Crippen molar-refractivity contribution < 1.29 is 14.5 Å². The molecule has 1 aromatic carbocycles. The first-order valence-electron chi connectivity index (χ1n) is 5.60. The summed E-state index contributed by atoms with van der Waals surface area (Å²) in [6.07, 6.45) is -0.824. The summed E-state index contributed by atoms with van der Waals surface area (Å²) in [7, 11) is 0. The average molecular weight is 287 g/mol. The molecule has 0 unspecified atom stereocenters. The zero-order chi connectivity index (χ0) is 15.8. The van der Waals surface area contributed by atoms with Crippen LogP contribution in [0.2, 0.25) is 0 Å². The van der Waals surface area contributed by atoms with Crippen LogP contribution in [0.5, 0.6) is 0 Å². The molecule has 1 aromatic rings. The van der Waals surface area contributed by atoms with Crippen LogP contribution in [0.3, 0.4) is 0 Å². The van der Waals surface area contributed by atoms with E-state index in [0.29, 0.717) is 0 Å². The number of hydrogen-bond acceptors (Lipinski definition) is 6. The molecule has 106 valence electrons. The van der Waals surface area contributed by atoms with E-state index < -0.39 is 23.2 Å². The molecule has 9 nitrogen and oxygen atoms in total. The number of benzene rings is 1. The Bertz CT molecular complexity index is 671. The highest BCUT2D eigenvalue weighted by Crippen LogP contribution is 2.28. The third-order valence-corrected chi connectivity index (χ3v) is 2.23. The number of rotatable bonds is 5.